The minimum atomic E-state index is -0.422. The summed E-state index contributed by atoms with van der Waals surface area (Å²) in [7, 11) is 0. The Morgan fingerprint density at radius 2 is 1.89 bits per heavy atom. The highest BCUT2D eigenvalue weighted by Gasteiger charge is 2.20. The summed E-state index contributed by atoms with van der Waals surface area (Å²) in [6.45, 7) is 9.04. The monoisotopic (exact) mass is 380 g/mol. The average molecular weight is 380 g/mol. The molecule has 0 saturated heterocycles. The van der Waals surface area contributed by atoms with Crippen molar-refractivity contribution in [2.24, 2.45) is 5.92 Å². The van der Waals surface area contributed by atoms with Crippen molar-refractivity contribution in [3.05, 3.63) is 76.7 Å². The van der Waals surface area contributed by atoms with Gasteiger partial charge in [0.25, 0.3) is 5.91 Å². The first-order valence-electron chi connectivity index (χ1n) is 9.41. The fourth-order valence-electron chi connectivity index (χ4n) is 3.08. The standard InChI is InChI=1S/C23H25FN2O2/c1-15(2)13-26(23(27)19-6-5-7-20(24)11-19)14-21-12-22(28-25-21)18-9-8-16(3)17(4)10-18/h5-12,15H,13-14H2,1-4H3. The van der Waals surface area contributed by atoms with E-state index in [2.05, 4.69) is 25.1 Å². The Morgan fingerprint density at radius 3 is 2.57 bits per heavy atom. The van der Waals surface area contributed by atoms with Crippen LogP contribution in [-0.4, -0.2) is 22.5 Å². The Bertz CT molecular complexity index is 978. The molecular weight excluding hydrogens is 355 g/mol. The third kappa shape index (κ3) is 4.66. The second-order valence-electron chi connectivity index (χ2n) is 7.57. The van der Waals surface area contributed by atoms with Crippen LogP contribution in [0.2, 0.25) is 0 Å². The topological polar surface area (TPSA) is 46.3 Å². The quantitative estimate of drug-likeness (QED) is 0.575. The fraction of sp³-hybridized carbons (Fsp3) is 0.304. The number of carbonyl (C=O) groups is 1. The Morgan fingerprint density at radius 1 is 1.11 bits per heavy atom. The van der Waals surface area contributed by atoms with E-state index in [1.807, 2.05) is 32.0 Å². The summed E-state index contributed by atoms with van der Waals surface area (Å²) in [6.07, 6.45) is 0. The number of rotatable bonds is 6. The van der Waals surface area contributed by atoms with Gasteiger partial charge in [-0.25, -0.2) is 4.39 Å². The number of nitrogens with zero attached hydrogens (tertiary/aromatic N) is 2. The Balaban J connectivity index is 1.82. The Kier molecular flexibility index (Phi) is 5.93. The zero-order valence-electron chi connectivity index (χ0n) is 16.7. The zero-order chi connectivity index (χ0) is 20.3. The SMILES string of the molecule is Cc1ccc(-c2cc(CN(CC(C)C)C(=O)c3cccc(F)c3)no2)cc1C. The molecule has 0 aliphatic carbocycles. The molecule has 0 spiro atoms. The van der Waals surface area contributed by atoms with E-state index in [0.717, 1.165) is 5.56 Å². The van der Waals surface area contributed by atoms with Crippen LogP contribution in [0.15, 0.2) is 53.1 Å². The molecule has 0 atom stereocenters. The van der Waals surface area contributed by atoms with E-state index < -0.39 is 5.82 Å². The molecule has 0 N–H and O–H groups in total. The molecule has 1 amide bonds. The van der Waals surface area contributed by atoms with E-state index in [9.17, 15) is 9.18 Å². The van der Waals surface area contributed by atoms with Crippen molar-refractivity contribution in [3.63, 3.8) is 0 Å². The van der Waals surface area contributed by atoms with E-state index in [0.29, 0.717) is 30.1 Å². The summed E-state index contributed by atoms with van der Waals surface area (Å²) >= 11 is 0. The molecule has 0 aliphatic heterocycles. The van der Waals surface area contributed by atoms with E-state index in [1.54, 1.807) is 17.0 Å². The van der Waals surface area contributed by atoms with Crippen LogP contribution in [0.1, 0.15) is 41.0 Å². The summed E-state index contributed by atoms with van der Waals surface area (Å²) in [5.74, 6) is 0.294. The summed E-state index contributed by atoms with van der Waals surface area (Å²) in [4.78, 5) is 14.6. The molecule has 0 saturated carbocycles. The minimum Gasteiger partial charge on any atom is -0.356 e. The largest absolute Gasteiger partial charge is 0.356 e. The van der Waals surface area contributed by atoms with Gasteiger partial charge in [0.15, 0.2) is 5.76 Å². The Hall–Kier alpha value is -2.95. The number of carbonyl (C=O) groups excluding carboxylic acids is 1. The molecule has 28 heavy (non-hydrogen) atoms. The van der Waals surface area contributed by atoms with E-state index in [1.165, 1.54) is 23.3 Å². The van der Waals surface area contributed by atoms with Gasteiger partial charge in [-0.1, -0.05) is 37.2 Å². The van der Waals surface area contributed by atoms with Gasteiger partial charge in [-0.05, 0) is 55.2 Å². The molecule has 2 aromatic carbocycles. The summed E-state index contributed by atoms with van der Waals surface area (Å²) in [5.41, 5.74) is 4.34. The van der Waals surface area contributed by atoms with Crippen molar-refractivity contribution in [2.75, 3.05) is 6.54 Å². The van der Waals surface area contributed by atoms with Crippen LogP contribution >= 0.6 is 0 Å². The van der Waals surface area contributed by atoms with E-state index in [-0.39, 0.29) is 11.8 Å². The number of aryl methyl sites for hydroxylation is 2. The lowest BCUT2D eigenvalue weighted by Crippen LogP contribution is -2.33. The van der Waals surface area contributed by atoms with Crippen molar-refractivity contribution in [1.82, 2.24) is 10.1 Å². The minimum absolute atomic E-state index is 0.219. The molecular formula is C23H25FN2O2. The van der Waals surface area contributed by atoms with Crippen LogP contribution in [0.5, 0.6) is 0 Å². The third-order valence-electron chi connectivity index (χ3n) is 4.65. The molecule has 1 heterocycles. The van der Waals surface area contributed by atoms with Gasteiger partial charge < -0.3 is 9.42 Å². The van der Waals surface area contributed by atoms with Crippen LogP contribution in [0.4, 0.5) is 4.39 Å². The van der Waals surface area contributed by atoms with Crippen LogP contribution in [0, 0.1) is 25.6 Å². The van der Waals surface area contributed by atoms with Gasteiger partial charge in [-0.15, -0.1) is 0 Å². The molecule has 0 fully saturated rings. The van der Waals surface area contributed by atoms with Crippen LogP contribution in [0.3, 0.4) is 0 Å². The van der Waals surface area contributed by atoms with Crippen LogP contribution < -0.4 is 0 Å². The predicted octanol–water partition coefficient (Wildman–Crippen LogP) is 5.40. The lowest BCUT2D eigenvalue weighted by Gasteiger charge is -2.23. The van der Waals surface area contributed by atoms with Gasteiger partial charge in [-0.2, -0.15) is 0 Å². The molecule has 4 nitrogen and oxygen atoms in total. The second-order valence-corrected chi connectivity index (χ2v) is 7.57. The fourth-order valence-corrected chi connectivity index (χ4v) is 3.08. The summed E-state index contributed by atoms with van der Waals surface area (Å²) in [5, 5.41) is 4.14. The van der Waals surface area contributed by atoms with E-state index in [4.69, 9.17) is 4.52 Å². The normalized spacial score (nSPS) is 11.1. The first-order valence-corrected chi connectivity index (χ1v) is 9.41. The van der Waals surface area contributed by atoms with Gasteiger partial charge in [0.2, 0.25) is 0 Å². The first-order chi connectivity index (χ1) is 13.3. The summed E-state index contributed by atoms with van der Waals surface area (Å²) in [6, 6.07) is 13.7. The van der Waals surface area contributed by atoms with Crippen molar-refractivity contribution in [1.29, 1.82) is 0 Å². The zero-order valence-corrected chi connectivity index (χ0v) is 16.7. The van der Waals surface area contributed by atoms with Gasteiger partial charge in [0.1, 0.15) is 11.5 Å². The van der Waals surface area contributed by atoms with Crippen molar-refractivity contribution in [2.45, 2.75) is 34.2 Å². The van der Waals surface area contributed by atoms with Crippen molar-refractivity contribution in [3.8, 4) is 11.3 Å². The highest BCUT2D eigenvalue weighted by molar-refractivity contribution is 5.94. The highest BCUT2D eigenvalue weighted by Crippen LogP contribution is 2.24. The van der Waals surface area contributed by atoms with Gasteiger partial charge in [0, 0.05) is 23.7 Å². The number of amides is 1. The maximum Gasteiger partial charge on any atom is 0.254 e. The molecule has 0 unspecified atom stereocenters. The average Bonchev–Trinajstić information content (AvgIpc) is 3.11. The maximum absolute atomic E-state index is 13.5. The molecule has 146 valence electrons. The number of hydrogen-bond acceptors (Lipinski definition) is 3. The number of halogens is 1. The first kappa shape index (κ1) is 19.8. The van der Waals surface area contributed by atoms with Crippen LogP contribution in [0.25, 0.3) is 11.3 Å². The molecule has 5 heteroatoms. The maximum atomic E-state index is 13.5. The van der Waals surface area contributed by atoms with E-state index >= 15 is 0 Å². The van der Waals surface area contributed by atoms with Crippen molar-refractivity contribution < 1.29 is 13.7 Å². The third-order valence-corrected chi connectivity index (χ3v) is 4.65. The lowest BCUT2D eigenvalue weighted by atomic mass is 10.0. The second kappa shape index (κ2) is 8.38. The summed E-state index contributed by atoms with van der Waals surface area (Å²) < 4.78 is 19.0. The molecule has 1 aromatic heterocycles. The van der Waals surface area contributed by atoms with Crippen LogP contribution in [-0.2, 0) is 6.54 Å². The number of aromatic nitrogens is 1. The molecule has 0 aliphatic rings. The van der Waals surface area contributed by atoms with Gasteiger partial charge >= 0.3 is 0 Å². The molecule has 3 rings (SSSR count). The highest BCUT2D eigenvalue weighted by atomic mass is 19.1. The van der Waals surface area contributed by atoms with Gasteiger partial charge in [0.05, 0.1) is 6.54 Å². The number of benzene rings is 2. The molecule has 0 bridgehead atoms. The Labute approximate surface area is 165 Å². The smallest absolute Gasteiger partial charge is 0.254 e. The molecule has 3 aromatic rings. The number of hydrogen-bond donors (Lipinski definition) is 0. The molecule has 0 radical (unpaired) electrons. The van der Waals surface area contributed by atoms with Crippen molar-refractivity contribution >= 4 is 5.91 Å². The van der Waals surface area contributed by atoms with Gasteiger partial charge in [-0.3, -0.25) is 4.79 Å². The lowest BCUT2D eigenvalue weighted by molar-refractivity contribution is 0.0718. The predicted molar refractivity (Wildman–Crippen MR) is 107 cm³/mol.